The summed E-state index contributed by atoms with van der Waals surface area (Å²) in [4.78, 5) is 11.2. The summed E-state index contributed by atoms with van der Waals surface area (Å²) in [6.07, 6.45) is 9.98. The Kier molecular flexibility index (Phi) is 2.69. The van der Waals surface area contributed by atoms with Crippen LogP contribution in [-0.2, 0) is 14.3 Å². The lowest BCUT2D eigenvalue weighted by atomic mass is 9.73. The van der Waals surface area contributed by atoms with Crippen molar-refractivity contribution in [1.82, 2.24) is 0 Å². The van der Waals surface area contributed by atoms with Crippen LogP contribution in [0.4, 0.5) is 0 Å². The molecule has 3 heteroatoms. The van der Waals surface area contributed by atoms with E-state index in [0.717, 1.165) is 24.2 Å². The van der Waals surface area contributed by atoms with Crippen LogP contribution in [0, 0.1) is 17.8 Å². The van der Waals surface area contributed by atoms with Crippen molar-refractivity contribution in [3.05, 3.63) is 23.7 Å². The van der Waals surface area contributed by atoms with Crippen molar-refractivity contribution < 1.29 is 14.3 Å². The van der Waals surface area contributed by atoms with E-state index in [-0.39, 0.29) is 11.8 Å². The summed E-state index contributed by atoms with van der Waals surface area (Å²) in [6, 6.07) is 0. The average Bonchev–Trinajstić information content (AvgIpc) is 2.77. The van der Waals surface area contributed by atoms with Crippen molar-refractivity contribution in [2.24, 2.45) is 17.8 Å². The standard InChI is InChI=1S/C14H18O3/c1-16-12-7-6-9(8-15)13-10-4-2-3-5-11(10)17-14(12)13/h6-11,13H,2-5H2,1H3/t9?,10-,11+,13?/m0/s1. The Hall–Kier alpha value is -1.25. The van der Waals surface area contributed by atoms with E-state index < -0.39 is 0 Å². The van der Waals surface area contributed by atoms with Crippen molar-refractivity contribution in [3.63, 3.8) is 0 Å². The Labute approximate surface area is 101 Å². The maximum absolute atomic E-state index is 11.2. The lowest BCUT2D eigenvalue weighted by Gasteiger charge is -2.28. The highest BCUT2D eigenvalue weighted by Gasteiger charge is 2.48. The zero-order chi connectivity index (χ0) is 11.8. The molecule has 0 radical (unpaired) electrons. The highest BCUT2D eigenvalue weighted by Crippen LogP contribution is 2.49. The fourth-order valence-electron chi connectivity index (χ4n) is 3.50. The van der Waals surface area contributed by atoms with Crippen molar-refractivity contribution in [1.29, 1.82) is 0 Å². The molecular weight excluding hydrogens is 216 g/mol. The van der Waals surface area contributed by atoms with E-state index in [1.54, 1.807) is 7.11 Å². The van der Waals surface area contributed by atoms with Gasteiger partial charge < -0.3 is 14.3 Å². The van der Waals surface area contributed by atoms with E-state index in [1.807, 2.05) is 12.2 Å². The number of ether oxygens (including phenoxy) is 2. The summed E-state index contributed by atoms with van der Waals surface area (Å²) < 4.78 is 11.4. The minimum atomic E-state index is -0.0306. The third-order valence-corrected chi connectivity index (χ3v) is 4.30. The largest absolute Gasteiger partial charge is 0.493 e. The first-order valence-corrected chi connectivity index (χ1v) is 6.43. The molecule has 4 atom stereocenters. The maximum atomic E-state index is 11.2. The number of carbonyl (C=O) groups excluding carboxylic acids is 1. The van der Waals surface area contributed by atoms with Crippen LogP contribution in [0.5, 0.6) is 0 Å². The molecule has 1 saturated carbocycles. The molecule has 2 fully saturated rings. The van der Waals surface area contributed by atoms with Gasteiger partial charge in [-0.3, -0.25) is 0 Å². The zero-order valence-corrected chi connectivity index (χ0v) is 10.1. The van der Waals surface area contributed by atoms with Crippen LogP contribution >= 0.6 is 0 Å². The van der Waals surface area contributed by atoms with E-state index in [1.165, 1.54) is 19.3 Å². The number of hydrogen-bond donors (Lipinski definition) is 0. The molecule has 2 unspecified atom stereocenters. The van der Waals surface area contributed by atoms with Gasteiger partial charge in [-0.15, -0.1) is 0 Å². The van der Waals surface area contributed by atoms with Crippen LogP contribution in [-0.4, -0.2) is 19.5 Å². The lowest BCUT2D eigenvalue weighted by molar-refractivity contribution is -0.111. The maximum Gasteiger partial charge on any atom is 0.156 e. The molecule has 3 nitrogen and oxygen atoms in total. The van der Waals surface area contributed by atoms with Crippen LogP contribution in [0.2, 0.25) is 0 Å². The Balaban J connectivity index is 1.97. The quantitative estimate of drug-likeness (QED) is 0.688. The second-order valence-corrected chi connectivity index (χ2v) is 5.14. The van der Waals surface area contributed by atoms with Crippen LogP contribution in [0.15, 0.2) is 23.7 Å². The van der Waals surface area contributed by atoms with Gasteiger partial charge in [-0.2, -0.15) is 0 Å². The monoisotopic (exact) mass is 234 g/mol. The van der Waals surface area contributed by atoms with Crippen LogP contribution in [0.3, 0.4) is 0 Å². The molecule has 0 aromatic heterocycles. The second-order valence-electron chi connectivity index (χ2n) is 5.14. The van der Waals surface area contributed by atoms with Crippen molar-refractivity contribution >= 4 is 6.29 Å². The van der Waals surface area contributed by atoms with Crippen molar-refractivity contribution in [2.45, 2.75) is 31.8 Å². The van der Waals surface area contributed by atoms with Gasteiger partial charge in [0.25, 0.3) is 0 Å². The summed E-state index contributed by atoms with van der Waals surface area (Å²) in [5.74, 6) is 2.42. The van der Waals surface area contributed by atoms with Gasteiger partial charge in [0, 0.05) is 17.8 Å². The lowest BCUT2D eigenvalue weighted by Crippen LogP contribution is -2.29. The number of fused-ring (bicyclic) bond motifs is 3. The number of hydrogen-bond acceptors (Lipinski definition) is 3. The predicted molar refractivity (Wildman–Crippen MR) is 63.1 cm³/mol. The third kappa shape index (κ3) is 1.60. The molecule has 1 heterocycles. The zero-order valence-electron chi connectivity index (χ0n) is 10.1. The molecule has 0 N–H and O–H groups in total. The molecule has 0 amide bonds. The van der Waals surface area contributed by atoms with Gasteiger partial charge in [0.2, 0.25) is 0 Å². The average molecular weight is 234 g/mol. The van der Waals surface area contributed by atoms with Crippen LogP contribution in [0.25, 0.3) is 0 Å². The first kappa shape index (κ1) is 10.9. The number of carbonyl (C=O) groups is 1. The summed E-state index contributed by atoms with van der Waals surface area (Å²) in [6.45, 7) is 0. The Bertz CT molecular complexity index is 383. The molecule has 0 aromatic rings. The SMILES string of the molecule is COC1=C2O[C@@H]3CCCC[C@@H]3C2C(C=O)C=C1. The van der Waals surface area contributed by atoms with Gasteiger partial charge in [0.1, 0.15) is 18.1 Å². The summed E-state index contributed by atoms with van der Waals surface area (Å²) in [5.41, 5.74) is 0. The minimum Gasteiger partial charge on any atom is -0.493 e. The Morgan fingerprint density at radius 1 is 1.41 bits per heavy atom. The number of allylic oxidation sites excluding steroid dienone is 3. The Morgan fingerprint density at radius 3 is 3.00 bits per heavy atom. The van der Waals surface area contributed by atoms with E-state index >= 15 is 0 Å². The topological polar surface area (TPSA) is 35.5 Å². The molecular formula is C14H18O3. The third-order valence-electron chi connectivity index (χ3n) is 4.30. The fourth-order valence-corrected chi connectivity index (χ4v) is 3.50. The van der Waals surface area contributed by atoms with Gasteiger partial charge in [-0.05, 0) is 25.3 Å². The number of aldehydes is 1. The molecule has 1 aliphatic heterocycles. The highest BCUT2D eigenvalue weighted by molar-refractivity contribution is 5.60. The van der Waals surface area contributed by atoms with Crippen molar-refractivity contribution in [3.8, 4) is 0 Å². The van der Waals surface area contributed by atoms with E-state index in [2.05, 4.69) is 0 Å². The molecule has 0 spiro atoms. The minimum absolute atomic E-state index is 0.0306. The summed E-state index contributed by atoms with van der Waals surface area (Å²) in [7, 11) is 1.66. The van der Waals surface area contributed by atoms with Gasteiger partial charge >= 0.3 is 0 Å². The molecule has 0 bridgehead atoms. The molecule has 1 saturated heterocycles. The first-order valence-electron chi connectivity index (χ1n) is 6.43. The molecule has 92 valence electrons. The van der Waals surface area contributed by atoms with Crippen LogP contribution in [0.1, 0.15) is 25.7 Å². The van der Waals surface area contributed by atoms with Gasteiger partial charge in [-0.1, -0.05) is 12.5 Å². The van der Waals surface area contributed by atoms with Gasteiger partial charge in [-0.25, -0.2) is 0 Å². The van der Waals surface area contributed by atoms with Gasteiger partial charge in [0.05, 0.1) is 7.11 Å². The van der Waals surface area contributed by atoms with E-state index in [9.17, 15) is 4.79 Å². The van der Waals surface area contributed by atoms with Crippen LogP contribution < -0.4 is 0 Å². The smallest absolute Gasteiger partial charge is 0.156 e. The van der Waals surface area contributed by atoms with Crippen molar-refractivity contribution in [2.75, 3.05) is 7.11 Å². The summed E-state index contributed by atoms with van der Waals surface area (Å²) >= 11 is 0. The number of methoxy groups -OCH3 is 1. The predicted octanol–water partition coefficient (Wildman–Crippen LogP) is 2.43. The Morgan fingerprint density at radius 2 is 2.24 bits per heavy atom. The van der Waals surface area contributed by atoms with E-state index in [0.29, 0.717) is 12.0 Å². The molecule has 2 aliphatic carbocycles. The molecule has 17 heavy (non-hydrogen) atoms. The molecule has 0 aromatic carbocycles. The normalized spacial score (nSPS) is 39.4. The highest BCUT2D eigenvalue weighted by atomic mass is 16.5. The first-order chi connectivity index (χ1) is 8.35. The van der Waals surface area contributed by atoms with Gasteiger partial charge in [0.15, 0.2) is 5.76 Å². The molecule has 3 aliphatic rings. The van der Waals surface area contributed by atoms with E-state index in [4.69, 9.17) is 9.47 Å². The summed E-state index contributed by atoms with van der Waals surface area (Å²) in [5, 5.41) is 0. The number of rotatable bonds is 2. The second kappa shape index (κ2) is 4.21. The molecule has 3 rings (SSSR count). The fraction of sp³-hybridized carbons (Fsp3) is 0.643.